The molecule has 2 aliphatic heterocycles. The number of thioether (sulfide) groups is 1. The van der Waals surface area contributed by atoms with Crippen molar-refractivity contribution < 1.29 is 38.4 Å². The molecule has 0 radical (unpaired) electrons. The van der Waals surface area contributed by atoms with Crippen LogP contribution in [0, 0.1) is 6.92 Å². The number of hydrogen-bond acceptors (Lipinski definition) is 9. The second-order valence-corrected chi connectivity index (χ2v) is 9.59. The number of ether oxygens (including phenoxy) is 4. The zero-order chi connectivity index (χ0) is 24.6. The van der Waals surface area contributed by atoms with Gasteiger partial charge in [0.2, 0.25) is 17.4 Å². The lowest BCUT2D eigenvalue weighted by Crippen LogP contribution is -2.44. The predicted octanol–water partition coefficient (Wildman–Crippen LogP) is 3.41. The largest absolute Gasteiger partial charge is 0.504 e. The van der Waals surface area contributed by atoms with E-state index in [0.717, 1.165) is 17.3 Å². The summed E-state index contributed by atoms with van der Waals surface area (Å²) in [5.41, 5.74) is 0.547. The zero-order valence-electron chi connectivity index (χ0n) is 19.2. The van der Waals surface area contributed by atoms with Crippen molar-refractivity contribution in [3.05, 3.63) is 41.0 Å². The molecule has 1 saturated heterocycles. The third-order valence-corrected chi connectivity index (χ3v) is 6.79. The standard InChI is InChI=1S/C24H25NO8S/c1-12-17-15(26)10-24(2,33-19(17)21(31-4)20(30-3)18(12)27)11-32-14-7-5-13(6-8-14)9-16-22(28)25-23(29)34-16/h5-8,16,27H,9-11H2,1-4H3,(H,25,28,29). The van der Waals surface area contributed by atoms with Crippen LogP contribution >= 0.6 is 11.8 Å². The number of aromatic hydroxyl groups is 1. The van der Waals surface area contributed by atoms with E-state index in [1.807, 2.05) is 12.1 Å². The van der Waals surface area contributed by atoms with E-state index in [-0.39, 0.29) is 58.5 Å². The molecule has 0 aromatic heterocycles. The van der Waals surface area contributed by atoms with Crippen LogP contribution in [-0.4, -0.2) is 53.7 Å². The SMILES string of the molecule is COc1c(O)c(C)c2c(c1OC)OC(C)(COc1ccc(CC3SC(=O)NC3=O)cc1)CC2=O. The lowest BCUT2D eigenvalue weighted by atomic mass is 9.89. The summed E-state index contributed by atoms with van der Waals surface area (Å²) in [7, 11) is 2.81. The topological polar surface area (TPSA) is 120 Å². The maximum Gasteiger partial charge on any atom is 0.286 e. The minimum atomic E-state index is -0.983. The molecule has 180 valence electrons. The fraction of sp³-hybridized carbons (Fsp3) is 0.375. The average molecular weight is 488 g/mol. The molecule has 2 aromatic rings. The molecule has 2 heterocycles. The molecular weight excluding hydrogens is 462 g/mol. The number of Topliss-reactive ketones (excluding diaryl/α,β-unsaturated/α-hetero) is 1. The molecule has 0 aliphatic carbocycles. The minimum absolute atomic E-state index is 0.0515. The number of carbonyl (C=O) groups excluding carboxylic acids is 3. The molecule has 0 bridgehead atoms. The van der Waals surface area contributed by atoms with Crippen molar-refractivity contribution in [2.24, 2.45) is 0 Å². The van der Waals surface area contributed by atoms with Gasteiger partial charge < -0.3 is 24.1 Å². The molecule has 0 saturated carbocycles. The molecule has 2 unspecified atom stereocenters. The van der Waals surface area contributed by atoms with E-state index in [0.29, 0.717) is 17.7 Å². The maximum absolute atomic E-state index is 13.0. The highest BCUT2D eigenvalue weighted by molar-refractivity contribution is 8.15. The summed E-state index contributed by atoms with van der Waals surface area (Å²) in [5, 5.41) is 11.9. The van der Waals surface area contributed by atoms with Crippen LogP contribution in [0.1, 0.15) is 34.8 Å². The van der Waals surface area contributed by atoms with Gasteiger partial charge in [0.05, 0.1) is 31.5 Å². The van der Waals surface area contributed by atoms with Crippen LogP contribution in [0.5, 0.6) is 28.7 Å². The highest BCUT2D eigenvalue weighted by atomic mass is 32.2. The molecule has 2 atom stereocenters. The monoisotopic (exact) mass is 487 g/mol. The third kappa shape index (κ3) is 4.37. The Hall–Kier alpha value is -3.40. The van der Waals surface area contributed by atoms with Crippen molar-refractivity contribution in [2.45, 2.75) is 37.5 Å². The summed E-state index contributed by atoms with van der Waals surface area (Å²) < 4.78 is 22.8. The van der Waals surface area contributed by atoms with Gasteiger partial charge in [-0.3, -0.25) is 19.7 Å². The van der Waals surface area contributed by atoms with Crippen molar-refractivity contribution in [1.82, 2.24) is 5.32 Å². The van der Waals surface area contributed by atoms with Crippen molar-refractivity contribution in [3.8, 4) is 28.7 Å². The van der Waals surface area contributed by atoms with Gasteiger partial charge in [-0.1, -0.05) is 23.9 Å². The van der Waals surface area contributed by atoms with E-state index in [9.17, 15) is 19.5 Å². The number of phenols is 1. The number of fused-ring (bicyclic) bond motifs is 1. The molecule has 4 rings (SSSR count). The van der Waals surface area contributed by atoms with Gasteiger partial charge in [-0.15, -0.1) is 0 Å². The van der Waals surface area contributed by atoms with Gasteiger partial charge in [0.1, 0.15) is 18.0 Å². The first-order valence-corrected chi connectivity index (χ1v) is 11.5. The first kappa shape index (κ1) is 23.7. The van der Waals surface area contributed by atoms with E-state index in [1.54, 1.807) is 26.0 Å². The van der Waals surface area contributed by atoms with Gasteiger partial charge in [0.25, 0.3) is 5.24 Å². The van der Waals surface area contributed by atoms with E-state index >= 15 is 0 Å². The van der Waals surface area contributed by atoms with Gasteiger partial charge >= 0.3 is 0 Å². The molecular formula is C24H25NO8S. The van der Waals surface area contributed by atoms with Crippen molar-refractivity contribution in [1.29, 1.82) is 0 Å². The molecule has 2 aliphatic rings. The minimum Gasteiger partial charge on any atom is -0.504 e. The Morgan fingerprint density at radius 2 is 1.82 bits per heavy atom. The third-order valence-electron chi connectivity index (χ3n) is 5.81. The number of imide groups is 1. The van der Waals surface area contributed by atoms with E-state index in [1.165, 1.54) is 14.2 Å². The maximum atomic E-state index is 13.0. The highest BCUT2D eigenvalue weighted by Crippen LogP contribution is 2.52. The summed E-state index contributed by atoms with van der Waals surface area (Å²) in [6.07, 6.45) is 0.484. The van der Waals surface area contributed by atoms with E-state index in [4.69, 9.17) is 18.9 Å². The number of phenolic OH excluding ortho intramolecular Hbond substituents is 1. The Bertz CT molecular complexity index is 1160. The Kier molecular flexibility index (Phi) is 6.35. The second kappa shape index (κ2) is 9.09. The molecule has 2 N–H and O–H groups in total. The van der Waals surface area contributed by atoms with Gasteiger partial charge in [0.15, 0.2) is 17.3 Å². The lowest BCUT2D eigenvalue weighted by Gasteiger charge is -2.36. The smallest absolute Gasteiger partial charge is 0.286 e. The fourth-order valence-corrected chi connectivity index (χ4v) is 4.94. The summed E-state index contributed by atoms with van der Waals surface area (Å²) in [5.74, 6) is 0.399. The number of amides is 2. The molecule has 10 heteroatoms. The molecule has 2 amide bonds. The number of hydrogen-bond donors (Lipinski definition) is 2. The molecule has 0 spiro atoms. The van der Waals surface area contributed by atoms with Crippen LogP contribution in [0.4, 0.5) is 4.79 Å². The van der Waals surface area contributed by atoms with Gasteiger partial charge in [0, 0.05) is 5.56 Å². The summed E-state index contributed by atoms with van der Waals surface area (Å²) in [6.45, 7) is 3.48. The van der Waals surface area contributed by atoms with Crippen LogP contribution in [-0.2, 0) is 11.2 Å². The average Bonchev–Trinajstić information content (AvgIpc) is 3.11. The first-order valence-electron chi connectivity index (χ1n) is 10.6. The quantitative estimate of drug-likeness (QED) is 0.605. The van der Waals surface area contributed by atoms with Crippen LogP contribution in [0.2, 0.25) is 0 Å². The highest BCUT2D eigenvalue weighted by Gasteiger charge is 2.42. The fourth-order valence-electron chi connectivity index (χ4n) is 4.08. The predicted molar refractivity (Wildman–Crippen MR) is 124 cm³/mol. The van der Waals surface area contributed by atoms with Crippen LogP contribution < -0.4 is 24.3 Å². The van der Waals surface area contributed by atoms with Crippen LogP contribution in [0.3, 0.4) is 0 Å². The molecule has 9 nitrogen and oxygen atoms in total. The number of rotatable bonds is 7. The van der Waals surface area contributed by atoms with E-state index in [2.05, 4.69) is 5.32 Å². The first-order chi connectivity index (χ1) is 16.2. The Morgan fingerprint density at radius 3 is 2.41 bits per heavy atom. The van der Waals surface area contributed by atoms with Crippen LogP contribution in [0.25, 0.3) is 0 Å². The van der Waals surface area contributed by atoms with E-state index < -0.39 is 10.9 Å². The molecule has 34 heavy (non-hydrogen) atoms. The number of benzene rings is 2. The Labute approximate surface area is 200 Å². The van der Waals surface area contributed by atoms with Crippen molar-refractivity contribution in [2.75, 3.05) is 20.8 Å². The number of nitrogens with one attached hydrogen (secondary N) is 1. The number of ketones is 1. The van der Waals surface area contributed by atoms with Crippen molar-refractivity contribution >= 4 is 28.7 Å². The van der Waals surface area contributed by atoms with Gasteiger partial charge in [-0.05, 0) is 38.0 Å². The molecule has 1 fully saturated rings. The van der Waals surface area contributed by atoms with Gasteiger partial charge in [-0.25, -0.2) is 0 Å². The summed E-state index contributed by atoms with van der Waals surface area (Å²) >= 11 is 0.989. The Morgan fingerprint density at radius 1 is 1.15 bits per heavy atom. The second-order valence-electron chi connectivity index (χ2n) is 8.42. The lowest BCUT2D eigenvalue weighted by molar-refractivity contribution is -0.118. The van der Waals surface area contributed by atoms with Crippen molar-refractivity contribution in [3.63, 3.8) is 0 Å². The van der Waals surface area contributed by atoms with Gasteiger partial charge in [-0.2, -0.15) is 0 Å². The zero-order valence-corrected chi connectivity index (χ0v) is 20.0. The number of carbonyl (C=O) groups is 3. The summed E-state index contributed by atoms with van der Waals surface area (Å²) in [6, 6.07) is 7.19. The Balaban J connectivity index is 1.48. The van der Waals surface area contributed by atoms with Crippen LogP contribution in [0.15, 0.2) is 24.3 Å². The molecule has 2 aromatic carbocycles. The number of methoxy groups -OCH3 is 2. The normalized spacial score (nSPS) is 21.5. The summed E-state index contributed by atoms with van der Waals surface area (Å²) in [4.78, 5) is 36.1.